The summed E-state index contributed by atoms with van der Waals surface area (Å²) in [7, 11) is 2.04. The van der Waals surface area contributed by atoms with E-state index in [1.807, 2.05) is 63.9 Å². The van der Waals surface area contributed by atoms with Crippen molar-refractivity contribution in [3.8, 4) is 0 Å². The van der Waals surface area contributed by atoms with Crippen LogP contribution in [0.2, 0.25) is 0 Å². The smallest absolute Gasteiger partial charge is 0.312 e. The number of likely N-dealkylation sites (tertiary alicyclic amines) is 1. The Kier molecular flexibility index (Phi) is 8.62. The normalized spacial score (nSPS) is 26.1. The Hall–Kier alpha value is -3.03. The molecule has 1 aliphatic carbocycles. The number of amides is 3. The zero-order valence-corrected chi connectivity index (χ0v) is 24.1. The van der Waals surface area contributed by atoms with E-state index in [1.54, 1.807) is 0 Å². The van der Waals surface area contributed by atoms with Gasteiger partial charge in [0, 0.05) is 43.5 Å². The van der Waals surface area contributed by atoms with E-state index >= 15 is 0 Å². The van der Waals surface area contributed by atoms with E-state index in [4.69, 9.17) is 4.74 Å². The van der Waals surface area contributed by atoms with Crippen LogP contribution in [0.15, 0.2) is 24.3 Å². The minimum atomic E-state index is -0.526. The molecule has 39 heavy (non-hydrogen) atoms. The maximum atomic E-state index is 13.3. The largest absolute Gasteiger partial charge is 0.460 e. The molecule has 0 spiro atoms. The van der Waals surface area contributed by atoms with E-state index in [0.717, 1.165) is 36.9 Å². The third kappa shape index (κ3) is 7.14. The molecular weight excluding hydrogens is 494 g/mol. The van der Waals surface area contributed by atoms with E-state index < -0.39 is 11.0 Å². The summed E-state index contributed by atoms with van der Waals surface area (Å²) < 4.78 is 7.76. The van der Waals surface area contributed by atoms with Gasteiger partial charge >= 0.3 is 5.97 Å². The number of nitrogens with zero attached hydrogens (tertiary/aromatic N) is 2. The van der Waals surface area contributed by atoms with Gasteiger partial charge in [0.2, 0.25) is 23.4 Å². The topological polar surface area (TPSA) is 95.8 Å². The summed E-state index contributed by atoms with van der Waals surface area (Å²) in [6.07, 6.45) is 8.15. The van der Waals surface area contributed by atoms with Gasteiger partial charge in [0.25, 0.3) is 0 Å². The molecule has 3 amide bonds. The summed E-state index contributed by atoms with van der Waals surface area (Å²) in [4.78, 5) is 51.5. The van der Waals surface area contributed by atoms with Crippen LogP contribution in [-0.2, 0) is 23.9 Å². The summed E-state index contributed by atoms with van der Waals surface area (Å²) in [6, 6.07) is 7.99. The molecule has 1 atom stereocenters. The first-order chi connectivity index (χ1) is 18.3. The lowest BCUT2D eigenvalue weighted by molar-refractivity contribution is -0.402. The number of nitrogens with one attached hydrogen (secondary N) is 1. The number of carbonyl (C=O) groups is 4. The first-order valence-corrected chi connectivity index (χ1v) is 14.4. The van der Waals surface area contributed by atoms with Crippen LogP contribution in [0, 0.1) is 17.3 Å². The second kappa shape index (κ2) is 11.6. The first-order valence-electron chi connectivity index (χ1n) is 14.4. The van der Waals surface area contributed by atoms with Crippen LogP contribution in [0.4, 0.5) is 5.69 Å². The molecule has 1 saturated carbocycles. The van der Waals surface area contributed by atoms with Crippen molar-refractivity contribution in [2.24, 2.45) is 17.3 Å². The van der Waals surface area contributed by atoms with E-state index in [1.165, 1.54) is 0 Å². The Morgan fingerprint density at radius 1 is 1.03 bits per heavy atom. The van der Waals surface area contributed by atoms with E-state index in [-0.39, 0.29) is 35.5 Å². The number of hydrogen-bond donors (Lipinski definition) is 1. The summed E-state index contributed by atoms with van der Waals surface area (Å²) >= 11 is 0. The monoisotopic (exact) mass is 538 g/mol. The van der Waals surface area contributed by atoms with Crippen LogP contribution in [0.1, 0.15) is 90.5 Å². The van der Waals surface area contributed by atoms with Gasteiger partial charge in [0.15, 0.2) is 0 Å². The number of imide groups is 1. The molecule has 0 radical (unpaired) electrons. The highest BCUT2D eigenvalue weighted by Gasteiger charge is 2.42. The Morgan fingerprint density at radius 3 is 2.21 bits per heavy atom. The maximum absolute atomic E-state index is 13.3. The fourth-order valence-corrected chi connectivity index (χ4v) is 5.96. The quantitative estimate of drug-likeness (QED) is 0.261. The Morgan fingerprint density at radius 2 is 1.64 bits per heavy atom. The fraction of sp³-hybridized carbons (Fsp3) is 0.645. The van der Waals surface area contributed by atoms with Crippen LogP contribution < -0.4 is 5.32 Å². The highest BCUT2D eigenvalue weighted by atomic mass is 16.6. The Bertz CT molecular complexity index is 1120. The van der Waals surface area contributed by atoms with Gasteiger partial charge in [0.1, 0.15) is 18.9 Å². The van der Waals surface area contributed by atoms with Gasteiger partial charge in [-0.15, -0.1) is 0 Å². The molecule has 212 valence electrons. The minimum absolute atomic E-state index is 0.0543. The molecule has 0 aromatic heterocycles. The molecular formula is C31H44N3O5+. The average Bonchev–Trinajstić information content (AvgIpc) is 2.88. The zero-order valence-electron chi connectivity index (χ0n) is 24.1. The third-order valence-electron chi connectivity index (χ3n) is 8.57. The molecule has 1 aromatic rings. The second-order valence-corrected chi connectivity index (χ2v) is 12.9. The number of hydrogen-bond acceptors (Lipinski definition) is 5. The molecule has 4 rings (SSSR count). The fourth-order valence-electron chi connectivity index (χ4n) is 5.96. The van der Waals surface area contributed by atoms with Crippen molar-refractivity contribution in [3.05, 3.63) is 29.8 Å². The second-order valence-electron chi connectivity index (χ2n) is 12.9. The van der Waals surface area contributed by atoms with E-state index in [9.17, 15) is 19.2 Å². The standard InChI is InChI=1S/C31H43N3O5/c1-30(2,3)39-29(38)31(4)16-18-34(19-17-31)28(37)23-8-6-21(7-9-23)20-33(5)24-12-10-22(11-13-24)25-14-15-26(35)32-27(25)36/h10-13,20-21,23,25H,6-9,14-19H2,1-5H3/p+1/t21?,23?,25-/m1/s1. The number of esters is 1. The number of benzene rings is 1. The van der Waals surface area contributed by atoms with Gasteiger partial charge in [-0.1, -0.05) is 12.1 Å². The van der Waals surface area contributed by atoms with Crippen molar-refractivity contribution in [3.63, 3.8) is 0 Å². The highest BCUT2D eigenvalue weighted by Crippen LogP contribution is 2.36. The number of carbonyl (C=O) groups excluding carboxylic acids is 4. The van der Waals surface area contributed by atoms with Gasteiger partial charge < -0.3 is 9.64 Å². The van der Waals surface area contributed by atoms with Gasteiger partial charge in [-0.05, 0) is 78.2 Å². The van der Waals surface area contributed by atoms with Crippen molar-refractivity contribution in [1.29, 1.82) is 0 Å². The van der Waals surface area contributed by atoms with E-state index in [2.05, 4.69) is 16.1 Å². The molecule has 2 saturated heterocycles. The van der Waals surface area contributed by atoms with Crippen molar-refractivity contribution in [1.82, 2.24) is 10.2 Å². The van der Waals surface area contributed by atoms with Gasteiger partial charge in [0.05, 0.1) is 11.3 Å². The Balaban J connectivity index is 1.26. The molecule has 0 unspecified atom stereocenters. The highest BCUT2D eigenvalue weighted by molar-refractivity contribution is 6.00. The summed E-state index contributed by atoms with van der Waals surface area (Å²) in [5.74, 6) is -0.151. The number of rotatable bonds is 5. The molecule has 2 aliphatic heterocycles. The van der Waals surface area contributed by atoms with Crippen molar-refractivity contribution < 1.29 is 28.5 Å². The number of piperidine rings is 2. The van der Waals surface area contributed by atoms with Crippen LogP contribution in [0.3, 0.4) is 0 Å². The van der Waals surface area contributed by atoms with Gasteiger partial charge in [-0.25, -0.2) is 4.58 Å². The average molecular weight is 539 g/mol. The van der Waals surface area contributed by atoms with Gasteiger partial charge in [-0.2, -0.15) is 0 Å². The third-order valence-corrected chi connectivity index (χ3v) is 8.57. The molecule has 0 bridgehead atoms. The lowest BCUT2D eigenvalue weighted by Gasteiger charge is -2.40. The van der Waals surface area contributed by atoms with Crippen molar-refractivity contribution >= 4 is 35.6 Å². The molecule has 3 fully saturated rings. The number of ether oxygens (including phenoxy) is 1. The van der Waals surface area contributed by atoms with Gasteiger partial charge in [-0.3, -0.25) is 24.5 Å². The van der Waals surface area contributed by atoms with Crippen molar-refractivity contribution in [2.75, 3.05) is 20.1 Å². The van der Waals surface area contributed by atoms with Crippen LogP contribution in [-0.4, -0.2) is 65.1 Å². The van der Waals surface area contributed by atoms with Crippen LogP contribution in [0.5, 0.6) is 0 Å². The van der Waals surface area contributed by atoms with E-state index in [0.29, 0.717) is 44.7 Å². The summed E-state index contributed by atoms with van der Waals surface area (Å²) in [5.41, 5.74) is 0.947. The van der Waals surface area contributed by atoms with Crippen molar-refractivity contribution in [2.45, 2.75) is 90.6 Å². The predicted octanol–water partition coefficient (Wildman–Crippen LogP) is 4.33. The SMILES string of the molecule is C[N+](=CC1CCC(C(=O)N2CCC(C)(C(=O)OC(C)(C)C)CC2)CC1)c1ccc([C@H]2CCC(=O)NC2=O)cc1. The Labute approximate surface area is 232 Å². The molecule has 8 heteroatoms. The predicted molar refractivity (Wildman–Crippen MR) is 149 cm³/mol. The summed E-state index contributed by atoms with van der Waals surface area (Å²) in [5, 5.41) is 2.43. The first kappa shape index (κ1) is 29.0. The molecule has 3 aliphatic rings. The zero-order chi connectivity index (χ0) is 28.4. The van der Waals surface area contributed by atoms with Crippen LogP contribution in [0.25, 0.3) is 0 Å². The molecule has 1 N–H and O–H groups in total. The van der Waals surface area contributed by atoms with Crippen LogP contribution >= 0.6 is 0 Å². The minimum Gasteiger partial charge on any atom is -0.460 e. The lowest BCUT2D eigenvalue weighted by Crippen LogP contribution is -2.48. The molecule has 8 nitrogen and oxygen atoms in total. The lowest BCUT2D eigenvalue weighted by atomic mass is 9.78. The maximum Gasteiger partial charge on any atom is 0.312 e. The summed E-state index contributed by atoms with van der Waals surface area (Å²) in [6.45, 7) is 8.84. The molecule has 2 heterocycles. The molecule has 1 aromatic carbocycles.